The van der Waals surface area contributed by atoms with Crippen LogP contribution in [-0.4, -0.2) is 11.7 Å². The molecule has 0 amide bonds. The molecule has 0 aromatic heterocycles. The second-order valence-electron chi connectivity index (χ2n) is 9.34. The monoisotopic (exact) mass is 266 g/mol. The van der Waals surface area contributed by atoms with Crippen molar-refractivity contribution in [3.8, 4) is 0 Å². The number of fused-ring (bicyclic) bond motifs is 1. The summed E-state index contributed by atoms with van der Waals surface area (Å²) < 4.78 is 0. The van der Waals surface area contributed by atoms with E-state index in [2.05, 4.69) is 48.5 Å². The Morgan fingerprint density at radius 2 is 1.79 bits per heavy atom. The van der Waals surface area contributed by atoms with Gasteiger partial charge in [-0.05, 0) is 59.2 Å². The van der Waals surface area contributed by atoms with E-state index in [0.29, 0.717) is 23.4 Å². The zero-order valence-corrected chi connectivity index (χ0v) is 14.1. The molecule has 0 aromatic rings. The molecule has 2 aliphatic carbocycles. The van der Waals surface area contributed by atoms with Gasteiger partial charge >= 0.3 is 0 Å². The molecule has 0 heterocycles. The van der Waals surface area contributed by atoms with E-state index in [1.807, 2.05) is 0 Å². The topological polar surface area (TPSA) is 20.2 Å². The highest BCUT2D eigenvalue weighted by molar-refractivity contribution is 5.16. The first-order valence-electron chi connectivity index (χ1n) is 8.15. The predicted octanol–water partition coefficient (Wildman–Crippen LogP) is 4.74. The maximum Gasteiger partial charge on any atom is 0.0464 e. The van der Waals surface area contributed by atoms with Crippen LogP contribution in [-0.2, 0) is 0 Å². The first kappa shape index (κ1) is 15.4. The molecule has 0 spiro atoms. The normalized spacial score (nSPS) is 39.8. The van der Waals surface area contributed by atoms with Gasteiger partial charge in [0.1, 0.15) is 0 Å². The number of aliphatic hydroxyl groups is 1. The highest BCUT2D eigenvalue weighted by Crippen LogP contribution is 2.75. The zero-order chi connectivity index (χ0) is 14.6. The van der Waals surface area contributed by atoms with Gasteiger partial charge in [-0.2, -0.15) is 0 Å². The van der Waals surface area contributed by atoms with Crippen molar-refractivity contribution in [2.75, 3.05) is 6.61 Å². The zero-order valence-electron chi connectivity index (χ0n) is 14.1. The fourth-order valence-electron chi connectivity index (χ4n) is 4.87. The smallest absolute Gasteiger partial charge is 0.0464 e. The second kappa shape index (κ2) is 4.48. The van der Waals surface area contributed by atoms with E-state index < -0.39 is 0 Å². The molecule has 0 bridgehead atoms. The molecule has 1 nitrogen and oxygen atoms in total. The Hall–Kier alpha value is -0.0400. The molecule has 5 atom stereocenters. The molecule has 5 unspecified atom stereocenters. The van der Waals surface area contributed by atoms with Gasteiger partial charge in [0.25, 0.3) is 0 Å². The molecule has 2 saturated carbocycles. The third-order valence-electron chi connectivity index (χ3n) is 7.14. The minimum Gasteiger partial charge on any atom is -0.396 e. The summed E-state index contributed by atoms with van der Waals surface area (Å²) in [5.74, 6) is 2.99. The van der Waals surface area contributed by atoms with Crippen LogP contribution in [0.4, 0.5) is 0 Å². The summed E-state index contributed by atoms with van der Waals surface area (Å²) in [7, 11) is 0. The van der Waals surface area contributed by atoms with Crippen molar-refractivity contribution in [1.82, 2.24) is 0 Å². The lowest BCUT2D eigenvalue weighted by atomic mass is 9.64. The Morgan fingerprint density at radius 3 is 2.16 bits per heavy atom. The van der Waals surface area contributed by atoms with Crippen molar-refractivity contribution in [1.29, 1.82) is 0 Å². The Balaban J connectivity index is 2.04. The maximum atomic E-state index is 9.69. The first-order valence-corrected chi connectivity index (χ1v) is 8.15. The molecule has 2 fully saturated rings. The van der Waals surface area contributed by atoms with E-state index in [0.717, 1.165) is 17.8 Å². The molecule has 1 heteroatoms. The van der Waals surface area contributed by atoms with Crippen molar-refractivity contribution in [2.45, 2.75) is 67.7 Å². The van der Waals surface area contributed by atoms with Crippen molar-refractivity contribution in [3.05, 3.63) is 0 Å². The van der Waals surface area contributed by atoms with Crippen LogP contribution in [0.25, 0.3) is 0 Å². The first-order chi connectivity index (χ1) is 8.54. The number of hydrogen-bond acceptors (Lipinski definition) is 1. The molecule has 2 aliphatic rings. The van der Waals surface area contributed by atoms with Crippen LogP contribution in [0.5, 0.6) is 0 Å². The molecule has 0 radical (unpaired) electrons. The van der Waals surface area contributed by atoms with E-state index in [1.165, 1.54) is 19.3 Å². The third-order valence-corrected chi connectivity index (χ3v) is 7.14. The highest BCUT2D eigenvalue weighted by Gasteiger charge is 2.67. The Labute approximate surface area is 120 Å². The summed E-state index contributed by atoms with van der Waals surface area (Å²) in [5, 5.41) is 9.69. The van der Waals surface area contributed by atoms with Gasteiger partial charge in [0, 0.05) is 6.61 Å². The molecule has 1 N–H and O–H groups in total. The maximum absolute atomic E-state index is 9.69. The standard InChI is InChI=1S/C18H34O/c1-12(8-14(11-19)16(2,3)4)15-9-13-10-18(13,7)17(15,5)6/h12-15,19H,8-11H2,1-7H3. The number of rotatable bonds is 4. The lowest BCUT2D eigenvalue weighted by molar-refractivity contribution is 0.0559. The lowest BCUT2D eigenvalue weighted by Gasteiger charge is -2.41. The molecule has 0 aromatic carbocycles. The average molecular weight is 266 g/mol. The molecular weight excluding hydrogens is 232 g/mol. The fourth-order valence-corrected chi connectivity index (χ4v) is 4.87. The van der Waals surface area contributed by atoms with Gasteiger partial charge in [0.2, 0.25) is 0 Å². The van der Waals surface area contributed by atoms with Gasteiger partial charge in [-0.1, -0.05) is 48.5 Å². The van der Waals surface area contributed by atoms with Crippen molar-refractivity contribution < 1.29 is 5.11 Å². The van der Waals surface area contributed by atoms with Crippen LogP contribution in [0, 0.1) is 39.9 Å². The summed E-state index contributed by atoms with van der Waals surface area (Å²) in [6, 6.07) is 0. The average Bonchev–Trinajstić information content (AvgIpc) is 2.88. The molecule has 0 saturated heterocycles. The predicted molar refractivity (Wildman–Crippen MR) is 81.9 cm³/mol. The van der Waals surface area contributed by atoms with Gasteiger partial charge in [-0.15, -0.1) is 0 Å². The Kier molecular flexibility index (Phi) is 3.62. The summed E-state index contributed by atoms with van der Waals surface area (Å²) in [4.78, 5) is 0. The van der Waals surface area contributed by atoms with E-state index in [4.69, 9.17) is 0 Å². The SMILES string of the molecule is CC(CC(CO)C(C)(C)C)C1CC2CC2(C)C1(C)C. The van der Waals surface area contributed by atoms with Crippen LogP contribution in [0.1, 0.15) is 67.7 Å². The summed E-state index contributed by atoms with van der Waals surface area (Å²) in [6.07, 6.45) is 4.05. The Morgan fingerprint density at radius 1 is 1.21 bits per heavy atom. The van der Waals surface area contributed by atoms with Crippen LogP contribution >= 0.6 is 0 Å². The van der Waals surface area contributed by atoms with Gasteiger partial charge in [-0.25, -0.2) is 0 Å². The Bertz CT molecular complexity index is 338. The summed E-state index contributed by atoms with van der Waals surface area (Å²) in [6.45, 7) is 17.0. The van der Waals surface area contributed by atoms with Crippen LogP contribution in [0.2, 0.25) is 0 Å². The van der Waals surface area contributed by atoms with Gasteiger partial charge in [0.15, 0.2) is 0 Å². The van der Waals surface area contributed by atoms with E-state index in [-0.39, 0.29) is 5.41 Å². The molecule has 112 valence electrons. The molecule has 2 rings (SSSR count). The van der Waals surface area contributed by atoms with Gasteiger partial charge < -0.3 is 5.11 Å². The fraction of sp³-hybridized carbons (Fsp3) is 1.00. The minimum absolute atomic E-state index is 0.221. The van der Waals surface area contributed by atoms with E-state index >= 15 is 0 Å². The van der Waals surface area contributed by atoms with Crippen LogP contribution in [0.3, 0.4) is 0 Å². The van der Waals surface area contributed by atoms with Gasteiger partial charge in [-0.3, -0.25) is 0 Å². The number of aliphatic hydroxyl groups excluding tert-OH is 1. The van der Waals surface area contributed by atoms with Crippen molar-refractivity contribution >= 4 is 0 Å². The largest absolute Gasteiger partial charge is 0.396 e. The van der Waals surface area contributed by atoms with Gasteiger partial charge in [0.05, 0.1) is 0 Å². The van der Waals surface area contributed by atoms with E-state index in [9.17, 15) is 5.11 Å². The molecule has 0 aliphatic heterocycles. The summed E-state index contributed by atoms with van der Waals surface area (Å²) in [5.41, 5.74) is 1.32. The van der Waals surface area contributed by atoms with Crippen LogP contribution < -0.4 is 0 Å². The van der Waals surface area contributed by atoms with Crippen molar-refractivity contribution in [2.24, 2.45) is 39.9 Å². The lowest BCUT2D eigenvalue weighted by Crippen LogP contribution is -2.35. The van der Waals surface area contributed by atoms with Crippen LogP contribution in [0.15, 0.2) is 0 Å². The number of hydrogen-bond donors (Lipinski definition) is 1. The highest BCUT2D eigenvalue weighted by atomic mass is 16.3. The summed E-state index contributed by atoms with van der Waals surface area (Å²) >= 11 is 0. The van der Waals surface area contributed by atoms with Crippen molar-refractivity contribution in [3.63, 3.8) is 0 Å². The molecular formula is C18H34O. The second-order valence-corrected chi connectivity index (χ2v) is 9.34. The quantitative estimate of drug-likeness (QED) is 0.779. The van der Waals surface area contributed by atoms with E-state index in [1.54, 1.807) is 0 Å². The molecule has 19 heavy (non-hydrogen) atoms. The minimum atomic E-state index is 0.221. The third kappa shape index (κ3) is 2.37.